The molecule has 3 atom stereocenters. The van der Waals surface area contributed by atoms with Gasteiger partial charge in [-0.05, 0) is 123 Å². The quantitative estimate of drug-likeness (QED) is 0.0940. The molecule has 1 saturated carbocycles. The molecule has 3 aliphatic rings. The number of carbonyl (C=O) groups is 1. The largest absolute Gasteiger partial charge is 0.438 e. The number of nitrogens with zero attached hydrogens (tertiary/aromatic N) is 7. The minimum absolute atomic E-state index is 0.0168. The standard InChI is InChI=1S/C51H60FN8O6P/c1-11-39(14-12-34(9)67(64,29(2)3)30(4)5)57-20-21-58(50(57)63)46-44-35(10)56(19-16-41(44)54-60(46)40-24-31(6)45(52)32(7)25-40)47(61)43-27-38-26-37(36-17-22-65-23-18-36)13-15-42(38)59(43)51(28-33(51)8)48-53-49(62)66-55-48/h11-15,20-21,24-27,29-30,33,35-36H,1,16-19,22-23,28H2,2-10H3,(H,53,55,62)/b34-12+,39-14+/t33-,35-,51-/m0/s1. The average molecular weight is 931 g/mol. The number of allylic oxidation sites excluding steroid dienone is 5. The van der Waals surface area contributed by atoms with Crippen molar-refractivity contribution in [3.05, 3.63) is 145 Å². The lowest BCUT2D eigenvalue weighted by atomic mass is 9.91. The highest BCUT2D eigenvalue weighted by molar-refractivity contribution is 7.69. The Kier molecular flexibility index (Phi) is 11.9. The Hall–Kier alpha value is -6.05. The van der Waals surface area contributed by atoms with Crippen LogP contribution in [0.1, 0.15) is 124 Å². The number of amides is 1. The first-order chi connectivity index (χ1) is 31.9. The molecule has 4 aromatic heterocycles. The summed E-state index contributed by atoms with van der Waals surface area (Å²) in [5.41, 5.74) is 4.37. The van der Waals surface area contributed by atoms with E-state index in [1.165, 1.54) is 14.7 Å². The van der Waals surface area contributed by atoms with Crippen LogP contribution in [0.15, 0.2) is 93.0 Å². The molecule has 352 valence electrons. The summed E-state index contributed by atoms with van der Waals surface area (Å²) in [6.07, 6.45) is 11.3. The Balaban J connectivity index is 1.18. The van der Waals surface area contributed by atoms with Gasteiger partial charge in [0.25, 0.3) is 5.91 Å². The van der Waals surface area contributed by atoms with Crippen LogP contribution in [0.25, 0.3) is 28.1 Å². The number of aromatic nitrogens is 7. The third-order valence-electron chi connectivity index (χ3n) is 14.7. The van der Waals surface area contributed by atoms with Gasteiger partial charge < -0.3 is 18.8 Å². The predicted octanol–water partition coefficient (Wildman–Crippen LogP) is 9.76. The van der Waals surface area contributed by atoms with Gasteiger partial charge in [-0.2, -0.15) is 5.10 Å². The molecular formula is C51H60FN8O6P. The number of hydrogen-bond donors (Lipinski definition) is 1. The lowest BCUT2D eigenvalue weighted by Gasteiger charge is -2.34. The summed E-state index contributed by atoms with van der Waals surface area (Å²) in [5, 5.41) is 11.0. The number of nitrogens with one attached hydrogen (secondary N) is 1. The van der Waals surface area contributed by atoms with E-state index in [4.69, 9.17) is 14.4 Å². The van der Waals surface area contributed by atoms with Crippen molar-refractivity contribution in [2.24, 2.45) is 5.92 Å². The fourth-order valence-electron chi connectivity index (χ4n) is 10.9. The van der Waals surface area contributed by atoms with Gasteiger partial charge in [0.05, 0.1) is 17.4 Å². The van der Waals surface area contributed by atoms with Crippen LogP contribution in [0.4, 0.5) is 4.39 Å². The number of fused-ring (bicyclic) bond motifs is 2. The van der Waals surface area contributed by atoms with Crippen molar-refractivity contribution in [2.75, 3.05) is 19.8 Å². The van der Waals surface area contributed by atoms with Crippen molar-refractivity contribution in [2.45, 2.75) is 117 Å². The van der Waals surface area contributed by atoms with E-state index < -0.39 is 30.2 Å². The van der Waals surface area contributed by atoms with Crippen molar-refractivity contribution in [1.29, 1.82) is 0 Å². The molecule has 2 aromatic carbocycles. The summed E-state index contributed by atoms with van der Waals surface area (Å²) in [7, 11) is -2.72. The summed E-state index contributed by atoms with van der Waals surface area (Å²) in [5.74, 6) is -0.0953. The normalized spacial score (nSPS) is 20.6. The fourth-order valence-corrected chi connectivity index (χ4v) is 14.1. The van der Waals surface area contributed by atoms with Crippen LogP contribution < -0.4 is 11.4 Å². The van der Waals surface area contributed by atoms with Crippen LogP contribution in [0.2, 0.25) is 0 Å². The molecule has 1 aliphatic carbocycles. The molecule has 67 heavy (non-hydrogen) atoms. The van der Waals surface area contributed by atoms with Crippen molar-refractivity contribution in [1.82, 2.24) is 38.5 Å². The highest BCUT2D eigenvalue weighted by Crippen LogP contribution is 2.61. The van der Waals surface area contributed by atoms with Crippen LogP contribution in [0, 0.1) is 25.6 Å². The van der Waals surface area contributed by atoms with E-state index in [1.54, 1.807) is 55.2 Å². The summed E-state index contributed by atoms with van der Waals surface area (Å²) >= 11 is 0. The van der Waals surface area contributed by atoms with Gasteiger partial charge in [-0.15, -0.1) is 0 Å². The number of aryl methyl sites for hydroxylation is 2. The predicted molar refractivity (Wildman–Crippen MR) is 259 cm³/mol. The summed E-state index contributed by atoms with van der Waals surface area (Å²) < 4.78 is 46.7. The smallest absolute Gasteiger partial charge is 0.381 e. The molecule has 2 aliphatic heterocycles. The molecule has 14 nitrogen and oxygen atoms in total. The molecule has 6 aromatic rings. The number of benzene rings is 2. The van der Waals surface area contributed by atoms with Gasteiger partial charge in [0, 0.05) is 72.1 Å². The van der Waals surface area contributed by atoms with Crippen LogP contribution in [0.3, 0.4) is 0 Å². The molecule has 2 fully saturated rings. The van der Waals surface area contributed by atoms with Crippen molar-refractivity contribution < 1.29 is 23.0 Å². The lowest BCUT2D eigenvalue weighted by molar-refractivity contribution is 0.0663. The first-order valence-electron chi connectivity index (χ1n) is 23.3. The topological polar surface area (TPSA) is 155 Å². The average Bonchev–Trinajstić information content (AvgIpc) is 3.80. The molecule has 1 amide bonds. The Bertz CT molecular complexity index is 3150. The van der Waals surface area contributed by atoms with Gasteiger partial charge in [0.15, 0.2) is 5.82 Å². The second-order valence-corrected chi connectivity index (χ2v) is 23.5. The maximum Gasteiger partial charge on any atom is 0.438 e. The minimum atomic E-state index is -2.72. The van der Waals surface area contributed by atoms with Gasteiger partial charge in [-0.1, -0.05) is 58.5 Å². The van der Waals surface area contributed by atoms with Gasteiger partial charge >= 0.3 is 11.4 Å². The summed E-state index contributed by atoms with van der Waals surface area (Å²) in [4.78, 5) is 47.4. The minimum Gasteiger partial charge on any atom is -0.381 e. The Morgan fingerprint density at radius 1 is 1.01 bits per heavy atom. The third kappa shape index (κ3) is 7.49. The summed E-state index contributed by atoms with van der Waals surface area (Å²) in [6, 6.07) is 11.2. The molecule has 1 N–H and O–H groups in total. The van der Waals surface area contributed by atoms with Crippen LogP contribution in [0.5, 0.6) is 0 Å². The van der Waals surface area contributed by atoms with Gasteiger partial charge in [-0.3, -0.25) is 23.4 Å². The second-order valence-electron chi connectivity index (χ2n) is 19.3. The Labute approximate surface area is 389 Å². The monoisotopic (exact) mass is 930 g/mol. The lowest BCUT2D eigenvalue weighted by Crippen LogP contribution is -2.41. The number of ether oxygens (including phenoxy) is 1. The van der Waals surface area contributed by atoms with Gasteiger partial charge in [0.2, 0.25) is 0 Å². The van der Waals surface area contributed by atoms with Crippen molar-refractivity contribution in [3.63, 3.8) is 0 Å². The Morgan fingerprint density at radius 3 is 2.31 bits per heavy atom. The van der Waals surface area contributed by atoms with E-state index >= 15 is 9.18 Å². The number of imidazole rings is 1. The molecule has 6 heterocycles. The molecule has 0 unspecified atom stereocenters. The van der Waals surface area contributed by atoms with Crippen LogP contribution in [-0.2, 0) is 21.3 Å². The second kappa shape index (κ2) is 17.2. The zero-order valence-corrected chi connectivity index (χ0v) is 40.7. The van der Waals surface area contributed by atoms with E-state index in [9.17, 15) is 14.2 Å². The molecule has 0 radical (unpaired) electrons. The third-order valence-corrected chi connectivity index (χ3v) is 19.0. The molecule has 0 bridgehead atoms. The van der Waals surface area contributed by atoms with E-state index in [0.717, 1.165) is 29.1 Å². The molecule has 9 rings (SSSR count). The van der Waals surface area contributed by atoms with Crippen molar-refractivity contribution >= 4 is 29.6 Å². The Morgan fingerprint density at radius 2 is 1.70 bits per heavy atom. The van der Waals surface area contributed by atoms with E-state index in [1.807, 2.05) is 63.2 Å². The van der Waals surface area contributed by atoms with Gasteiger partial charge in [-0.25, -0.2) is 18.7 Å². The number of carbonyl (C=O) groups excluding carboxylic acids is 1. The van der Waals surface area contributed by atoms with E-state index in [-0.39, 0.29) is 29.0 Å². The van der Waals surface area contributed by atoms with E-state index in [2.05, 4.69) is 41.8 Å². The van der Waals surface area contributed by atoms with Gasteiger partial charge in [0.1, 0.15) is 30.0 Å². The molecular weight excluding hydrogens is 871 g/mol. The maximum atomic E-state index is 15.5. The zero-order valence-electron chi connectivity index (χ0n) is 39.8. The number of H-pyrrole nitrogens is 1. The first kappa shape index (κ1) is 46.1. The highest BCUT2D eigenvalue weighted by Gasteiger charge is 2.59. The van der Waals surface area contributed by atoms with Crippen molar-refractivity contribution in [3.8, 4) is 11.5 Å². The van der Waals surface area contributed by atoms with Crippen LogP contribution >= 0.6 is 7.14 Å². The number of aromatic amines is 1. The first-order valence-corrected chi connectivity index (χ1v) is 25.2. The SMILES string of the molecule is C=C/C(=C\C=C(/C)P(=O)(C(C)C)C(C)C)n1ccn(-c2c3c(nn2-c2cc(C)c(F)c(C)c2)CCN(C(=O)c2cc4cc(C5CCOCC5)ccc4n2[C@@]2(c4noc(=O)[nH]4)C[C@@H]2C)[C@H]3C)c1=O. The number of rotatable bonds is 12. The highest BCUT2D eigenvalue weighted by atomic mass is 31.2. The fraction of sp³-hybridized carbons (Fsp3) is 0.431. The number of halogens is 1. The summed E-state index contributed by atoms with van der Waals surface area (Å²) in [6.45, 7) is 22.9. The molecule has 16 heteroatoms. The van der Waals surface area contributed by atoms with Crippen LogP contribution in [-0.4, -0.2) is 75.5 Å². The van der Waals surface area contributed by atoms with E-state index in [0.29, 0.717) is 89.6 Å². The molecule has 1 saturated heterocycles. The zero-order chi connectivity index (χ0) is 47.9. The number of hydrogen-bond acceptors (Lipinski definition) is 8. The molecule has 0 spiro atoms. The maximum absolute atomic E-state index is 15.5.